The third-order valence-corrected chi connectivity index (χ3v) is 7.21. The summed E-state index contributed by atoms with van der Waals surface area (Å²) in [5.41, 5.74) is 1.66. The number of hydrogen-bond donors (Lipinski definition) is 1. The minimum atomic E-state index is -0.179. The van der Waals surface area contributed by atoms with E-state index in [0.717, 1.165) is 42.8 Å². The summed E-state index contributed by atoms with van der Waals surface area (Å²) in [7, 11) is 2.21. The van der Waals surface area contributed by atoms with Gasteiger partial charge in [-0.1, -0.05) is 36.0 Å². The van der Waals surface area contributed by atoms with Crippen molar-refractivity contribution in [2.24, 2.45) is 5.41 Å². The van der Waals surface area contributed by atoms with Crippen molar-refractivity contribution >= 4 is 23.2 Å². The number of rotatable bonds is 2. The van der Waals surface area contributed by atoms with Crippen LogP contribution in [-0.2, 0) is 5.66 Å². The molecule has 3 fully saturated rings. The number of hydrogen-bond acceptors (Lipinski definition) is 3. The molecule has 1 spiro atoms. The quantitative estimate of drug-likeness (QED) is 0.821. The fraction of sp³-hybridized carbons (Fsp3) is 0.700. The average Bonchev–Trinajstić information content (AvgIpc) is 3.02. The van der Waals surface area contributed by atoms with Crippen LogP contribution in [0.3, 0.4) is 0 Å². The number of halogens is 2. The van der Waals surface area contributed by atoms with E-state index >= 15 is 0 Å². The second-order valence-electron chi connectivity index (χ2n) is 8.38. The lowest BCUT2D eigenvalue weighted by molar-refractivity contribution is -0.0397. The summed E-state index contributed by atoms with van der Waals surface area (Å²) in [4.78, 5) is 5.08. The number of piperidine rings is 1. The van der Waals surface area contributed by atoms with E-state index in [1.165, 1.54) is 44.1 Å². The minimum absolute atomic E-state index is 0.179. The lowest BCUT2D eigenvalue weighted by Gasteiger charge is -2.53. The van der Waals surface area contributed by atoms with E-state index in [1.807, 2.05) is 6.07 Å². The van der Waals surface area contributed by atoms with Crippen LogP contribution in [0, 0.1) is 5.41 Å². The number of likely N-dealkylation sites (tertiary alicyclic amines) is 1. The van der Waals surface area contributed by atoms with Crippen LogP contribution in [0.5, 0.6) is 0 Å². The number of nitrogens with one attached hydrogen (secondary N) is 1. The molecule has 138 valence electrons. The number of likely N-dealkylation sites (N-methyl/N-ethyl adjacent to an activating group) is 1. The first-order chi connectivity index (χ1) is 12.0. The van der Waals surface area contributed by atoms with Gasteiger partial charge in [-0.15, -0.1) is 0 Å². The maximum absolute atomic E-state index is 6.36. The third-order valence-electron chi connectivity index (χ3n) is 6.78. The van der Waals surface area contributed by atoms with Crippen LogP contribution >= 0.6 is 23.2 Å². The summed E-state index contributed by atoms with van der Waals surface area (Å²) in [5, 5.41) is 5.30. The van der Waals surface area contributed by atoms with Gasteiger partial charge in [0, 0.05) is 42.8 Å². The van der Waals surface area contributed by atoms with Gasteiger partial charge in [-0.3, -0.25) is 10.2 Å². The molecule has 2 saturated heterocycles. The number of piperazine rings is 1. The fourth-order valence-electron chi connectivity index (χ4n) is 5.35. The summed E-state index contributed by atoms with van der Waals surface area (Å²) < 4.78 is 0. The van der Waals surface area contributed by atoms with E-state index < -0.39 is 0 Å². The van der Waals surface area contributed by atoms with E-state index in [-0.39, 0.29) is 5.66 Å². The lowest BCUT2D eigenvalue weighted by Crippen LogP contribution is -2.67. The molecule has 5 heteroatoms. The Balaban J connectivity index is 1.64. The molecule has 0 amide bonds. The van der Waals surface area contributed by atoms with Crippen LogP contribution in [0.1, 0.15) is 44.1 Å². The maximum atomic E-state index is 6.36. The Hall–Kier alpha value is -0.320. The highest BCUT2D eigenvalue weighted by Crippen LogP contribution is 2.48. The van der Waals surface area contributed by atoms with Gasteiger partial charge in [0.25, 0.3) is 0 Å². The van der Waals surface area contributed by atoms with Crippen LogP contribution in [0.2, 0.25) is 10.0 Å². The Bertz CT molecular complexity index is 599. The summed E-state index contributed by atoms with van der Waals surface area (Å²) in [5.74, 6) is 0. The Labute approximate surface area is 161 Å². The highest BCUT2D eigenvalue weighted by atomic mass is 35.5. The molecule has 1 aromatic carbocycles. The van der Waals surface area contributed by atoms with Gasteiger partial charge in [0.1, 0.15) is 5.66 Å². The van der Waals surface area contributed by atoms with E-state index in [4.69, 9.17) is 23.2 Å². The average molecular weight is 382 g/mol. The molecule has 1 N–H and O–H groups in total. The Morgan fingerprint density at radius 3 is 2.16 bits per heavy atom. The Morgan fingerprint density at radius 2 is 1.56 bits per heavy atom. The second-order valence-corrected chi connectivity index (χ2v) is 9.25. The SMILES string of the molecule is CN1CCNC(c2cc(Cl)cc(Cl)c2)(N2CCC3(CCCC3)CC2)C1. The molecule has 1 atom stereocenters. The molecule has 1 aliphatic carbocycles. The number of benzene rings is 1. The first-order valence-corrected chi connectivity index (χ1v) is 10.4. The molecular weight excluding hydrogens is 353 g/mol. The highest BCUT2D eigenvalue weighted by molar-refractivity contribution is 6.34. The van der Waals surface area contributed by atoms with Crippen molar-refractivity contribution < 1.29 is 0 Å². The van der Waals surface area contributed by atoms with Crippen LogP contribution < -0.4 is 5.32 Å². The van der Waals surface area contributed by atoms with Crippen molar-refractivity contribution in [3.63, 3.8) is 0 Å². The standard InChI is InChI=1S/C20H29Cl2N3/c1-24-11-8-23-20(15-24,16-12-17(21)14-18(22)13-16)25-9-6-19(7-10-25)4-2-3-5-19/h12-14,23H,2-11,15H2,1H3. The molecule has 4 rings (SSSR count). The van der Waals surface area contributed by atoms with Crippen LogP contribution in [0.15, 0.2) is 18.2 Å². The first-order valence-electron chi connectivity index (χ1n) is 9.67. The summed E-state index contributed by atoms with van der Waals surface area (Å²) in [6, 6.07) is 6.02. The van der Waals surface area contributed by atoms with E-state index in [2.05, 4.69) is 34.3 Å². The summed E-state index contributed by atoms with van der Waals surface area (Å²) in [6.45, 7) is 5.35. The zero-order chi connectivity index (χ0) is 17.5. The van der Waals surface area contributed by atoms with Crippen molar-refractivity contribution in [2.75, 3.05) is 39.8 Å². The van der Waals surface area contributed by atoms with Gasteiger partial charge >= 0.3 is 0 Å². The van der Waals surface area contributed by atoms with Crippen molar-refractivity contribution in [3.8, 4) is 0 Å². The highest BCUT2D eigenvalue weighted by Gasteiger charge is 2.46. The third kappa shape index (κ3) is 3.46. The lowest BCUT2D eigenvalue weighted by atomic mass is 9.76. The van der Waals surface area contributed by atoms with Gasteiger partial charge in [-0.25, -0.2) is 0 Å². The van der Waals surface area contributed by atoms with Crippen LogP contribution in [0.25, 0.3) is 0 Å². The molecule has 1 unspecified atom stereocenters. The van der Waals surface area contributed by atoms with Crippen molar-refractivity contribution in [2.45, 2.75) is 44.2 Å². The fourth-order valence-corrected chi connectivity index (χ4v) is 5.87. The van der Waals surface area contributed by atoms with Gasteiger partial charge in [-0.2, -0.15) is 0 Å². The molecule has 1 saturated carbocycles. The van der Waals surface area contributed by atoms with E-state index in [1.54, 1.807) is 0 Å². The zero-order valence-corrected chi connectivity index (χ0v) is 16.7. The second kappa shape index (κ2) is 7.01. The molecule has 25 heavy (non-hydrogen) atoms. The maximum Gasteiger partial charge on any atom is 0.111 e. The van der Waals surface area contributed by atoms with Crippen molar-refractivity contribution in [1.29, 1.82) is 0 Å². The number of nitrogens with zero attached hydrogens (tertiary/aromatic N) is 2. The molecule has 0 bridgehead atoms. The van der Waals surface area contributed by atoms with Gasteiger partial charge < -0.3 is 4.90 Å². The van der Waals surface area contributed by atoms with Crippen LogP contribution in [-0.4, -0.2) is 49.6 Å². The Morgan fingerprint density at radius 1 is 0.920 bits per heavy atom. The van der Waals surface area contributed by atoms with E-state index in [0.29, 0.717) is 5.41 Å². The Kier molecular flexibility index (Phi) is 5.07. The van der Waals surface area contributed by atoms with Gasteiger partial charge in [0.15, 0.2) is 0 Å². The van der Waals surface area contributed by atoms with Crippen molar-refractivity contribution in [1.82, 2.24) is 15.1 Å². The van der Waals surface area contributed by atoms with Gasteiger partial charge in [-0.05, 0) is 61.9 Å². The largest absolute Gasteiger partial charge is 0.302 e. The topological polar surface area (TPSA) is 18.5 Å². The molecular formula is C20H29Cl2N3. The molecule has 3 nitrogen and oxygen atoms in total. The first kappa shape index (κ1) is 18.1. The normalized spacial score (nSPS) is 30.8. The van der Waals surface area contributed by atoms with Gasteiger partial charge in [0.05, 0.1) is 0 Å². The van der Waals surface area contributed by atoms with E-state index in [9.17, 15) is 0 Å². The smallest absolute Gasteiger partial charge is 0.111 e. The molecule has 0 aromatic heterocycles. The monoisotopic (exact) mass is 381 g/mol. The summed E-state index contributed by atoms with van der Waals surface area (Å²) >= 11 is 12.7. The van der Waals surface area contributed by atoms with Crippen molar-refractivity contribution in [3.05, 3.63) is 33.8 Å². The molecule has 3 aliphatic rings. The molecule has 2 heterocycles. The predicted molar refractivity (Wildman–Crippen MR) is 105 cm³/mol. The zero-order valence-electron chi connectivity index (χ0n) is 15.2. The minimum Gasteiger partial charge on any atom is -0.302 e. The van der Waals surface area contributed by atoms with Gasteiger partial charge in [0.2, 0.25) is 0 Å². The van der Waals surface area contributed by atoms with Crippen LogP contribution in [0.4, 0.5) is 0 Å². The summed E-state index contributed by atoms with van der Waals surface area (Å²) in [6.07, 6.45) is 8.38. The molecule has 0 radical (unpaired) electrons. The molecule has 1 aromatic rings. The molecule has 2 aliphatic heterocycles. The predicted octanol–water partition coefficient (Wildman–Crippen LogP) is 4.34.